The van der Waals surface area contributed by atoms with Crippen LogP contribution in [0, 0.1) is 0 Å². The van der Waals surface area contributed by atoms with E-state index in [2.05, 4.69) is 17.2 Å². The number of carboxylic acids is 1. The van der Waals surface area contributed by atoms with Crippen molar-refractivity contribution in [2.75, 3.05) is 28.2 Å². The number of aliphatic carboxylic acids is 1. The summed E-state index contributed by atoms with van der Waals surface area (Å²) < 4.78 is 0. The molecule has 0 radical (unpaired) electrons. The Morgan fingerprint density at radius 1 is 1.38 bits per heavy atom. The van der Waals surface area contributed by atoms with Gasteiger partial charge < -0.3 is 15.3 Å². The van der Waals surface area contributed by atoms with E-state index in [1.165, 1.54) is 0 Å². The zero-order chi connectivity index (χ0) is 13.0. The van der Waals surface area contributed by atoms with Crippen LogP contribution in [0.1, 0.15) is 32.6 Å². The fraction of sp³-hybridized carbons (Fsp3) is 0.818. The van der Waals surface area contributed by atoms with Gasteiger partial charge in [0, 0.05) is 34.6 Å². The second kappa shape index (κ2) is 11.8. The summed E-state index contributed by atoms with van der Waals surface area (Å²) in [6, 6.07) is 0. The average molecular weight is 231 g/mol. The first-order valence-electron chi connectivity index (χ1n) is 5.53. The topological polar surface area (TPSA) is 64.9 Å². The molecule has 16 heavy (non-hydrogen) atoms. The molecule has 5 nitrogen and oxygen atoms in total. The molecule has 0 aliphatic carbocycles. The van der Waals surface area contributed by atoms with Crippen molar-refractivity contribution in [2.45, 2.75) is 32.6 Å². The number of unbranched alkanes of at least 4 members (excludes halogenated alkanes) is 2. The minimum Gasteiger partial charge on any atom is -0.481 e. The Morgan fingerprint density at radius 2 is 1.94 bits per heavy atom. The highest BCUT2D eigenvalue weighted by Crippen LogP contribution is 1.97. The maximum absolute atomic E-state index is 9.87. The number of nitrogens with one attached hydrogen (secondary N) is 1. The standard InChI is InChI=1S/C6H12O2.C5H13N3/c1-2-3-4-5-6(7)8;1-6-5(7-2)8(3)4/h2-5H2,1H3,(H,7,8);1-4H3,(H,6,7). The van der Waals surface area contributed by atoms with Crippen molar-refractivity contribution in [1.29, 1.82) is 0 Å². The molecule has 2 N–H and O–H groups in total. The lowest BCUT2D eigenvalue weighted by Crippen LogP contribution is -2.33. The van der Waals surface area contributed by atoms with Gasteiger partial charge in [-0.1, -0.05) is 19.8 Å². The van der Waals surface area contributed by atoms with Gasteiger partial charge in [0.15, 0.2) is 5.96 Å². The maximum atomic E-state index is 9.87. The molecule has 0 aromatic heterocycles. The first-order valence-corrected chi connectivity index (χ1v) is 5.53. The molecule has 0 aliphatic rings. The van der Waals surface area contributed by atoms with Gasteiger partial charge in [-0.25, -0.2) is 0 Å². The van der Waals surface area contributed by atoms with Crippen molar-refractivity contribution < 1.29 is 9.90 Å². The van der Waals surface area contributed by atoms with Crippen molar-refractivity contribution in [1.82, 2.24) is 10.2 Å². The maximum Gasteiger partial charge on any atom is 0.303 e. The number of nitrogens with zero attached hydrogens (tertiary/aromatic N) is 2. The highest BCUT2D eigenvalue weighted by atomic mass is 16.4. The zero-order valence-corrected chi connectivity index (χ0v) is 11.1. The Bertz CT molecular complexity index is 203. The molecular weight excluding hydrogens is 206 g/mol. The number of hydrogen-bond donors (Lipinski definition) is 2. The van der Waals surface area contributed by atoms with Crippen molar-refractivity contribution in [3.8, 4) is 0 Å². The van der Waals surface area contributed by atoms with Gasteiger partial charge in [0.1, 0.15) is 0 Å². The van der Waals surface area contributed by atoms with Crippen LogP contribution in [0.3, 0.4) is 0 Å². The Morgan fingerprint density at radius 3 is 2.12 bits per heavy atom. The summed E-state index contributed by atoms with van der Waals surface area (Å²) in [4.78, 5) is 15.7. The number of hydrogen-bond acceptors (Lipinski definition) is 2. The van der Waals surface area contributed by atoms with E-state index in [0.717, 1.165) is 25.2 Å². The summed E-state index contributed by atoms with van der Waals surface area (Å²) in [5.41, 5.74) is 0. The molecule has 0 aromatic carbocycles. The number of guanidine groups is 1. The molecule has 5 heteroatoms. The van der Waals surface area contributed by atoms with Crippen molar-refractivity contribution >= 4 is 11.9 Å². The molecule has 0 saturated heterocycles. The third kappa shape index (κ3) is 12.7. The van der Waals surface area contributed by atoms with Crippen LogP contribution >= 0.6 is 0 Å². The van der Waals surface area contributed by atoms with Gasteiger partial charge in [-0.15, -0.1) is 0 Å². The van der Waals surface area contributed by atoms with E-state index in [-0.39, 0.29) is 0 Å². The predicted molar refractivity (Wildman–Crippen MR) is 67.9 cm³/mol. The minimum absolute atomic E-state index is 0.327. The van der Waals surface area contributed by atoms with E-state index < -0.39 is 5.97 Å². The Kier molecular flexibility index (Phi) is 12.7. The van der Waals surface area contributed by atoms with Crippen LogP contribution in [0.5, 0.6) is 0 Å². The minimum atomic E-state index is -0.682. The van der Waals surface area contributed by atoms with E-state index in [1.807, 2.05) is 26.0 Å². The summed E-state index contributed by atoms with van der Waals surface area (Å²) in [5, 5.41) is 11.1. The molecule has 96 valence electrons. The molecule has 0 spiro atoms. The van der Waals surface area contributed by atoms with Crippen LogP contribution in [0.15, 0.2) is 4.99 Å². The van der Waals surface area contributed by atoms with Crippen LogP contribution in [-0.2, 0) is 4.79 Å². The van der Waals surface area contributed by atoms with Gasteiger partial charge in [0.2, 0.25) is 0 Å². The molecule has 0 heterocycles. The quantitative estimate of drug-likeness (QED) is 0.436. The summed E-state index contributed by atoms with van der Waals surface area (Å²) in [7, 11) is 7.49. The predicted octanol–water partition coefficient (Wildman–Crippen LogP) is 1.40. The summed E-state index contributed by atoms with van der Waals surface area (Å²) in [6.07, 6.45) is 3.28. The van der Waals surface area contributed by atoms with Gasteiger partial charge in [-0.3, -0.25) is 9.79 Å². The molecule has 0 saturated carbocycles. The van der Waals surface area contributed by atoms with Gasteiger partial charge >= 0.3 is 5.97 Å². The summed E-state index contributed by atoms with van der Waals surface area (Å²) >= 11 is 0. The molecule has 0 aliphatic heterocycles. The van der Waals surface area contributed by atoms with Crippen LogP contribution in [0.25, 0.3) is 0 Å². The Balaban J connectivity index is 0. The average Bonchev–Trinajstić information content (AvgIpc) is 2.20. The molecule has 0 bridgehead atoms. The van der Waals surface area contributed by atoms with Crippen molar-refractivity contribution in [3.05, 3.63) is 0 Å². The lowest BCUT2D eigenvalue weighted by molar-refractivity contribution is -0.137. The van der Waals surface area contributed by atoms with E-state index in [9.17, 15) is 4.79 Å². The third-order valence-corrected chi connectivity index (χ3v) is 1.85. The van der Waals surface area contributed by atoms with Crippen LogP contribution in [0.2, 0.25) is 0 Å². The van der Waals surface area contributed by atoms with Crippen molar-refractivity contribution in [2.24, 2.45) is 4.99 Å². The first-order chi connectivity index (χ1) is 7.49. The molecule has 0 aromatic rings. The van der Waals surface area contributed by atoms with Crippen molar-refractivity contribution in [3.63, 3.8) is 0 Å². The molecule has 0 atom stereocenters. The monoisotopic (exact) mass is 231 g/mol. The normalized spacial score (nSPS) is 10.2. The SMILES string of the molecule is CCCCCC(=O)O.CN=C(NC)N(C)C. The fourth-order valence-electron chi connectivity index (χ4n) is 1.06. The lowest BCUT2D eigenvalue weighted by atomic mass is 10.2. The smallest absolute Gasteiger partial charge is 0.303 e. The number of carbonyl (C=O) groups is 1. The second-order valence-corrected chi connectivity index (χ2v) is 3.54. The Labute approximate surface area is 98.6 Å². The van der Waals surface area contributed by atoms with Crippen LogP contribution in [0.4, 0.5) is 0 Å². The van der Waals surface area contributed by atoms with Gasteiger partial charge in [0.05, 0.1) is 0 Å². The van der Waals surface area contributed by atoms with E-state index in [4.69, 9.17) is 5.11 Å². The number of aliphatic imine (C=N–C) groups is 1. The second-order valence-electron chi connectivity index (χ2n) is 3.54. The van der Waals surface area contributed by atoms with E-state index >= 15 is 0 Å². The highest BCUT2D eigenvalue weighted by Gasteiger charge is 1.93. The molecule has 0 unspecified atom stereocenters. The van der Waals surface area contributed by atoms with E-state index in [0.29, 0.717) is 6.42 Å². The zero-order valence-electron chi connectivity index (χ0n) is 11.1. The van der Waals surface area contributed by atoms with Crippen LogP contribution in [-0.4, -0.2) is 50.1 Å². The lowest BCUT2D eigenvalue weighted by Gasteiger charge is -2.12. The van der Waals surface area contributed by atoms with Gasteiger partial charge in [-0.05, 0) is 6.42 Å². The molecule has 0 rings (SSSR count). The first kappa shape index (κ1) is 17.1. The van der Waals surface area contributed by atoms with Gasteiger partial charge in [-0.2, -0.15) is 0 Å². The molecular formula is C11H25N3O2. The van der Waals surface area contributed by atoms with Crippen LogP contribution < -0.4 is 5.32 Å². The largest absolute Gasteiger partial charge is 0.481 e. The van der Waals surface area contributed by atoms with Gasteiger partial charge in [0.25, 0.3) is 0 Å². The summed E-state index contributed by atoms with van der Waals surface area (Å²) in [6.45, 7) is 2.06. The summed E-state index contributed by atoms with van der Waals surface area (Å²) in [5.74, 6) is 0.212. The molecule has 0 amide bonds. The number of rotatable bonds is 4. The third-order valence-electron chi connectivity index (χ3n) is 1.85. The highest BCUT2D eigenvalue weighted by molar-refractivity contribution is 5.78. The Hall–Kier alpha value is -1.26. The fourth-order valence-corrected chi connectivity index (χ4v) is 1.06. The number of carboxylic acid groups (broad SMARTS) is 1. The van der Waals surface area contributed by atoms with E-state index in [1.54, 1.807) is 7.05 Å². The molecule has 0 fully saturated rings.